The first kappa shape index (κ1) is 35.4. The fraction of sp³-hybridized carbons (Fsp3) is 0.613. The lowest BCUT2D eigenvalue weighted by atomic mass is 9.83. The van der Waals surface area contributed by atoms with E-state index >= 15 is 0 Å². The van der Waals surface area contributed by atoms with Crippen LogP contribution in [0.15, 0.2) is 48.0 Å². The molecule has 0 spiro atoms. The summed E-state index contributed by atoms with van der Waals surface area (Å²) in [6.45, 7) is 4.78. The Morgan fingerprint density at radius 2 is 1.71 bits per heavy atom. The second-order valence-corrected chi connectivity index (χ2v) is 12.6. The van der Waals surface area contributed by atoms with Crippen LogP contribution in [0, 0.1) is 5.92 Å². The van der Waals surface area contributed by atoms with Crippen LogP contribution in [0.4, 0.5) is 4.79 Å². The van der Waals surface area contributed by atoms with Crippen LogP contribution >= 0.6 is 0 Å². The molecule has 3 amide bonds. The quantitative estimate of drug-likeness (QED) is 0.0986. The van der Waals surface area contributed by atoms with Gasteiger partial charge in [-0.1, -0.05) is 67.6 Å². The van der Waals surface area contributed by atoms with Crippen molar-refractivity contribution in [3.63, 3.8) is 0 Å². The Bertz CT molecular complexity index is 1260. The highest BCUT2D eigenvalue weighted by atomic mass is 16.6. The third-order valence-electron chi connectivity index (χ3n) is 7.68. The number of amides is 3. The fourth-order valence-corrected chi connectivity index (χ4v) is 5.45. The van der Waals surface area contributed by atoms with Crippen molar-refractivity contribution in [2.24, 2.45) is 11.0 Å². The predicted octanol–water partition coefficient (Wildman–Crippen LogP) is 3.06. The zero-order chi connectivity index (χ0) is 32.8. The van der Waals surface area contributed by atoms with Gasteiger partial charge in [-0.25, -0.2) is 9.78 Å². The molecule has 1 aromatic heterocycles. The van der Waals surface area contributed by atoms with Crippen LogP contribution < -0.4 is 16.0 Å². The molecule has 0 radical (unpaired) electrons. The minimum atomic E-state index is -1.41. The highest BCUT2D eigenvalue weighted by molar-refractivity contribution is 5.91. The van der Waals surface area contributed by atoms with E-state index in [0.29, 0.717) is 12.1 Å². The van der Waals surface area contributed by atoms with Gasteiger partial charge in [0.25, 0.3) is 0 Å². The number of hydrogen-bond acceptors (Lipinski definition) is 8. The molecule has 1 saturated carbocycles. The van der Waals surface area contributed by atoms with Crippen LogP contribution in [-0.4, -0.2) is 80.6 Å². The Balaban J connectivity index is 1.83. The van der Waals surface area contributed by atoms with E-state index in [2.05, 4.69) is 35.9 Å². The van der Waals surface area contributed by atoms with Gasteiger partial charge in [-0.15, -0.1) is 0 Å². The summed E-state index contributed by atoms with van der Waals surface area (Å²) in [5, 5.41) is 33.2. The van der Waals surface area contributed by atoms with Crippen LogP contribution in [0.1, 0.15) is 70.6 Å². The number of alkyl carbamates (subject to hydrolysis) is 1. The maximum Gasteiger partial charge on any atom is 0.408 e. The maximum atomic E-state index is 13.8. The summed E-state index contributed by atoms with van der Waals surface area (Å²) < 4.78 is 5.39. The van der Waals surface area contributed by atoms with Gasteiger partial charge in [-0.3, -0.25) is 9.59 Å². The highest BCUT2D eigenvalue weighted by Gasteiger charge is 2.34. The molecule has 1 heterocycles. The van der Waals surface area contributed by atoms with Crippen molar-refractivity contribution in [3.8, 4) is 0 Å². The van der Waals surface area contributed by atoms with Gasteiger partial charge in [0.1, 0.15) is 23.8 Å². The number of aromatic nitrogens is 2. The number of imidazole rings is 1. The molecule has 3 rings (SSSR count). The molecule has 0 unspecified atom stereocenters. The van der Waals surface area contributed by atoms with Crippen molar-refractivity contribution in [2.45, 2.75) is 108 Å². The fourth-order valence-electron chi connectivity index (χ4n) is 5.45. The number of aliphatic hydroxyl groups excluding tert-OH is 2. The minimum absolute atomic E-state index is 0.0373. The standard InChI is InChI=1S/C31H46N8O6/c1-31(2,3)45-30(44)38-24(15-21-12-8-5-9-13-21)28(42)37-25(16-22-17-33-19-34-22)29(43)36-23(14-20-10-6-4-7-11-20)27(41)26(40)18-35-39-32/h5,8-9,12-13,17,19-20,23-27,40-41H,4,6-7,10-11,14-16,18H2,1-3H3,(H,33,34)(H,36,43)(H,37,42)(H,38,44)/t23-,24+,25+,26+,27+/m1/s1. The summed E-state index contributed by atoms with van der Waals surface area (Å²) in [5.74, 6) is -0.985. The molecular weight excluding hydrogens is 580 g/mol. The lowest BCUT2D eigenvalue weighted by Gasteiger charge is -2.33. The SMILES string of the molecule is CC(C)(C)OC(=O)N[C@@H](Cc1ccccc1)C(=O)N[C@@H](Cc1cnc[nH]1)C(=O)N[C@H](CC1CCCCC1)[C@H](O)[C@@H](O)CN=[N+]=[N-]. The number of nitrogens with one attached hydrogen (secondary N) is 4. The number of rotatable bonds is 15. The third kappa shape index (κ3) is 12.4. The van der Waals surface area contributed by atoms with E-state index in [0.717, 1.165) is 37.7 Å². The lowest BCUT2D eigenvalue weighted by Crippen LogP contribution is -2.58. The van der Waals surface area contributed by atoms with E-state index in [1.807, 2.05) is 30.3 Å². The topological polar surface area (TPSA) is 214 Å². The van der Waals surface area contributed by atoms with Crippen LogP contribution in [-0.2, 0) is 27.2 Å². The molecule has 14 nitrogen and oxygen atoms in total. The summed E-state index contributed by atoms with van der Waals surface area (Å²) in [6.07, 6.45) is 5.02. The summed E-state index contributed by atoms with van der Waals surface area (Å²) in [5.41, 5.74) is 9.25. The zero-order valence-corrected chi connectivity index (χ0v) is 26.2. The van der Waals surface area contributed by atoms with Crippen LogP contribution in [0.2, 0.25) is 0 Å². The summed E-state index contributed by atoms with van der Waals surface area (Å²) >= 11 is 0. The van der Waals surface area contributed by atoms with Crippen LogP contribution in [0.3, 0.4) is 0 Å². The first-order valence-electron chi connectivity index (χ1n) is 15.4. The second kappa shape index (κ2) is 17.4. The Kier molecular flexibility index (Phi) is 13.7. The molecule has 1 fully saturated rings. The number of benzene rings is 1. The molecule has 1 aliphatic rings. The number of carbonyl (C=O) groups excluding carboxylic acids is 3. The molecular formula is C31H46N8O6. The van der Waals surface area contributed by atoms with Crippen molar-refractivity contribution in [1.82, 2.24) is 25.9 Å². The largest absolute Gasteiger partial charge is 0.444 e. The van der Waals surface area contributed by atoms with Crippen molar-refractivity contribution in [3.05, 3.63) is 64.6 Å². The monoisotopic (exact) mass is 626 g/mol. The van der Waals surface area contributed by atoms with Gasteiger partial charge in [0, 0.05) is 29.6 Å². The van der Waals surface area contributed by atoms with Crippen molar-refractivity contribution in [2.75, 3.05) is 6.54 Å². The van der Waals surface area contributed by atoms with E-state index in [-0.39, 0.29) is 25.3 Å². The molecule has 6 N–H and O–H groups in total. The zero-order valence-electron chi connectivity index (χ0n) is 26.2. The number of azide groups is 1. The summed E-state index contributed by atoms with van der Waals surface area (Å²) in [7, 11) is 0. The number of ether oxygens (including phenoxy) is 1. The Morgan fingerprint density at radius 3 is 2.33 bits per heavy atom. The smallest absolute Gasteiger partial charge is 0.408 e. The van der Waals surface area contributed by atoms with Crippen molar-refractivity contribution < 1.29 is 29.3 Å². The van der Waals surface area contributed by atoms with E-state index < -0.39 is 53.8 Å². The lowest BCUT2D eigenvalue weighted by molar-refractivity contribution is -0.131. The van der Waals surface area contributed by atoms with Crippen LogP contribution in [0.5, 0.6) is 0 Å². The number of aromatic amines is 1. The summed E-state index contributed by atoms with van der Waals surface area (Å²) in [6, 6.07) is 6.05. The van der Waals surface area contributed by atoms with E-state index in [1.165, 1.54) is 12.5 Å². The van der Waals surface area contributed by atoms with Gasteiger partial charge in [-0.2, -0.15) is 0 Å². The third-order valence-corrected chi connectivity index (χ3v) is 7.68. The molecule has 246 valence electrons. The normalized spacial score (nSPS) is 17.1. The second-order valence-electron chi connectivity index (χ2n) is 12.6. The number of aliphatic hydroxyl groups is 2. The van der Waals surface area contributed by atoms with Gasteiger partial charge in [0.2, 0.25) is 11.8 Å². The first-order valence-corrected chi connectivity index (χ1v) is 15.4. The molecule has 0 bridgehead atoms. The average molecular weight is 627 g/mol. The predicted molar refractivity (Wildman–Crippen MR) is 167 cm³/mol. The van der Waals surface area contributed by atoms with Gasteiger partial charge in [0.15, 0.2) is 0 Å². The Morgan fingerprint density at radius 1 is 1.04 bits per heavy atom. The van der Waals surface area contributed by atoms with Gasteiger partial charge < -0.3 is 35.9 Å². The van der Waals surface area contributed by atoms with E-state index in [9.17, 15) is 24.6 Å². The van der Waals surface area contributed by atoms with Gasteiger partial charge in [-0.05, 0) is 44.2 Å². The van der Waals surface area contributed by atoms with Crippen LogP contribution in [0.25, 0.3) is 10.4 Å². The van der Waals surface area contributed by atoms with E-state index in [4.69, 9.17) is 10.3 Å². The number of hydrogen-bond donors (Lipinski definition) is 6. The number of H-pyrrole nitrogens is 1. The number of carbonyl (C=O) groups is 3. The Hall–Kier alpha value is -4.13. The minimum Gasteiger partial charge on any atom is -0.444 e. The Labute approximate surface area is 263 Å². The average Bonchev–Trinajstić information content (AvgIpc) is 3.51. The first-order chi connectivity index (χ1) is 21.4. The molecule has 14 heteroatoms. The molecule has 1 aliphatic carbocycles. The molecule has 0 saturated heterocycles. The molecule has 0 aliphatic heterocycles. The summed E-state index contributed by atoms with van der Waals surface area (Å²) in [4.78, 5) is 49.9. The molecule has 45 heavy (non-hydrogen) atoms. The van der Waals surface area contributed by atoms with Gasteiger partial charge >= 0.3 is 6.09 Å². The molecule has 2 aromatic rings. The highest BCUT2D eigenvalue weighted by Crippen LogP contribution is 2.28. The van der Waals surface area contributed by atoms with Gasteiger partial charge in [0.05, 0.1) is 25.0 Å². The molecule has 1 aromatic carbocycles. The molecule has 5 atom stereocenters. The van der Waals surface area contributed by atoms with Crippen molar-refractivity contribution in [1.29, 1.82) is 0 Å². The van der Waals surface area contributed by atoms with E-state index in [1.54, 1.807) is 20.8 Å². The van der Waals surface area contributed by atoms with Crippen molar-refractivity contribution >= 4 is 17.9 Å². The number of nitrogens with zero attached hydrogens (tertiary/aromatic N) is 4. The maximum absolute atomic E-state index is 13.8.